The minimum Gasteiger partial charge on any atom is -0.469 e. The average molecular weight is 437 g/mol. The van der Waals surface area contributed by atoms with Crippen LogP contribution in [-0.2, 0) is 14.3 Å². The third-order valence-corrected chi connectivity index (χ3v) is 6.84. The Balaban J connectivity index is 1.82. The van der Waals surface area contributed by atoms with Crippen molar-refractivity contribution >= 4 is 17.6 Å². The van der Waals surface area contributed by atoms with Crippen LogP contribution in [0.25, 0.3) is 0 Å². The van der Waals surface area contributed by atoms with Gasteiger partial charge in [0.25, 0.3) is 0 Å². The van der Waals surface area contributed by atoms with Crippen LogP contribution in [0.5, 0.6) is 0 Å². The Labute approximate surface area is 188 Å². The molecule has 1 aliphatic rings. The molecule has 1 heterocycles. The smallest absolute Gasteiger partial charge is 0.305 e. The van der Waals surface area contributed by atoms with Crippen molar-refractivity contribution in [2.75, 3.05) is 7.11 Å². The normalized spacial score (nSPS) is 24.0. The molecule has 0 N–H and O–H groups in total. The zero-order chi connectivity index (χ0) is 21.6. The first-order chi connectivity index (χ1) is 14.7. The lowest BCUT2D eigenvalue weighted by atomic mass is 9.82. The zero-order valence-electron chi connectivity index (χ0n) is 19.0. The maximum Gasteiger partial charge on any atom is 0.305 e. The monoisotopic (exact) mass is 436 g/mol. The van der Waals surface area contributed by atoms with Gasteiger partial charge in [0.15, 0.2) is 0 Å². The molecule has 0 amide bonds. The van der Waals surface area contributed by atoms with Crippen LogP contribution < -0.4 is 0 Å². The SMILES string of the molecule is CCCCCC[C@@H]1C[C@H](Cl)[C@H](CCCCCCCC(=O)OC)[C@H](c2ccccc2)O1. The summed E-state index contributed by atoms with van der Waals surface area (Å²) in [4.78, 5) is 11.2. The van der Waals surface area contributed by atoms with Gasteiger partial charge in [-0.1, -0.05) is 88.6 Å². The maximum absolute atomic E-state index is 11.2. The van der Waals surface area contributed by atoms with Gasteiger partial charge in [0.05, 0.1) is 19.3 Å². The van der Waals surface area contributed by atoms with Gasteiger partial charge in [-0.25, -0.2) is 0 Å². The average Bonchev–Trinajstić information content (AvgIpc) is 2.77. The number of hydrogen-bond donors (Lipinski definition) is 0. The van der Waals surface area contributed by atoms with E-state index in [1.54, 1.807) is 0 Å². The standard InChI is InChI=1S/C26H41ClO3/c1-3-4-5-12-17-22-20-24(27)23(26(30-22)21-15-10-9-11-16-21)18-13-7-6-8-14-19-25(28)29-2/h9-11,15-16,22-24,26H,3-8,12-14,17-20H2,1-2H3/t22-,23+,24+,26+/m1/s1. The number of carbonyl (C=O) groups is 1. The molecule has 3 nitrogen and oxygen atoms in total. The molecule has 1 aromatic carbocycles. The van der Waals surface area contributed by atoms with E-state index in [9.17, 15) is 4.79 Å². The van der Waals surface area contributed by atoms with Crippen LogP contribution in [0.3, 0.4) is 0 Å². The third-order valence-electron chi connectivity index (χ3n) is 6.33. The van der Waals surface area contributed by atoms with Crippen LogP contribution in [0.4, 0.5) is 0 Å². The van der Waals surface area contributed by atoms with Crippen LogP contribution in [-0.4, -0.2) is 24.6 Å². The van der Waals surface area contributed by atoms with E-state index < -0.39 is 0 Å². The lowest BCUT2D eigenvalue weighted by molar-refractivity contribution is -0.140. The number of methoxy groups -OCH3 is 1. The summed E-state index contributed by atoms with van der Waals surface area (Å²) in [7, 11) is 1.45. The van der Waals surface area contributed by atoms with E-state index in [-0.39, 0.29) is 23.6 Å². The van der Waals surface area contributed by atoms with Gasteiger partial charge in [-0.3, -0.25) is 4.79 Å². The quantitative estimate of drug-likeness (QED) is 0.171. The Hall–Kier alpha value is -1.06. The lowest BCUT2D eigenvalue weighted by Gasteiger charge is -2.40. The number of unbranched alkanes of at least 4 members (excludes halogenated alkanes) is 7. The van der Waals surface area contributed by atoms with Crippen LogP contribution in [0.1, 0.15) is 102 Å². The van der Waals surface area contributed by atoms with Gasteiger partial charge in [0, 0.05) is 17.7 Å². The van der Waals surface area contributed by atoms with Gasteiger partial charge >= 0.3 is 5.97 Å². The summed E-state index contributed by atoms with van der Waals surface area (Å²) in [5.74, 6) is 0.269. The number of carbonyl (C=O) groups excluding carboxylic acids is 1. The Kier molecular flexibility index (Phi) is 12.5. The zero-order valence-corrected chi connectivity index (χ0v) is 19.7. The van der Waals surface area contributed by atoms with Crippen molar-refractivity contribution in [1.29, 1.82) is 0 Å². The Morgan fingerprint density at radius 3 is 2.40 bits per heavy atom. The fourth-order valence-corrected chi connectivity index (χ4v) is 5.00. The summed E-state index contributed by atoms with van der Waals surface area (Å²) in [6, 6.07) is 10.6. The van der Waals surface area contributed by atoms with E-state index in [2.05, 4.69) is 37.3 Å². The van der Waals surface area contributed by atoms with E-state index in [4.69, 9.17) is 21.1 Å². The van der Waals surface area contributed by atoms with Gasteiger partial charge in [-0.15, -0.1) is 11.6 Å². The summed E-state index contributed by atoms with van der Waals surface area (Å²) in [6.45, 7) is 2.25. The van der Waals surface area contributed by atoms with Crippen molar-refractivity contribution in [3.8, 4) is 0 Å². The van der Waals surface area contributed by atoms with Gasteiger partial charge in [0.1, 0.15) is 0 Å². The molecule has 4 atom stereocenters. The highest BCUT2D eigenvalue weighted by Gasteiger charge is 2.37. The molecular formula is C26H41ClO3. The molecule has 1 aromatic rings. The van der Waals surface area contributed by atoms with Crippen molar-refractivity contribution in [2.45, 2.75) is 108 Å². The third kappa shape index (κ3) is 8.98. The van der Waals surface area contributed by atoms with Crippen molar-refractivity contribution in [3.63, 3.8) is 0 Å². The molecule has 0 saturated carbocycles. The molecule has 170 valence electrons. The largest absolute Gasteiger partial charge is 0.469 e. The minimum absolute atomic E-state index is 0.103. The molecule has 1 fully saturated rings. The van der Waals surface area contributed by atoms with Gasteiger partial charge in [-0.05, 0) is 31.2 Å². The van der Waals surface area contributed by atoms with Gasteiger partial charge in [0.2, 0.25) is 0 Å². The molecule has 4 heteroatoms. The first-order valence-corrected chi connectivity index (χ1v) is 12.5. The lowest BCUT2D eigenvalue weighted by Crippen LogP contribution is -2.37. The second-order valence-electron chi connectivity index (χ2n) is 8.74. The molecule has 30 heavy (non-hydrogen) atoms. The molecule has 0 aliphatic carbocycles. The van der Waals surface area contributed by atoms with Crippen LogP contribution in [0.2, 0.25) is 0 Å². The topological polar surface area (TPSA) is 35.5 Å². The van der Waals surface area contributed by atoms with E-state index in [1.807, 2.05) is 0 Å². The number of alkyl halides is 1. The second kappa shape index (κ2) is 14.9. The molecule has 0 radical (unpaired) electrons. The molecule has 1 saturated heterocycles. The second-order valence-corrected chi connectivity index (χ2v) is 9.30. The van der Waals surface area contributed by atoms with E-state index in [0.717, 1.165) is 38.5 Å². The number of ether oxygens (including phenoxy) is 2. The number of rotatable bonds is 14. The highest BCUT2D eigenvalue weighted by molar-refractivity contribution is 6.20. The maximum atomic E-state index is 11.2. The molecule has 2 rings (SSSR count). The van der Waals surface area contributed by atoms with E-state index in [0.29, 0.717) is 12.3 Å². The van der Waals surface area contributed by atoms with E-state index in [1.165, 1.54) is 51.2 Å². The number of hydrogen-bond acceptors (Lipinski definition) is 3. The molecular weight excluding hydrogens is 396 g/mol. The first-order valence-electron chi connectivity index (χ1n) is 12.1. The summed E-state index contributed by atoms with van der Waals surface area (Å²) in [6.07, 6.45) is 14.7. The Bertz CT molecular complexity index is 577. The summed E-state index contributed by atoms with van der Waals surface area (Å²) >= 11 is 6.94. The van der Waals surface area contributed by atoms with Gasteiger partial charge in [-0.2, -0.15) is 0 Å². The van der Waals surface area contributed by atoms with Crippen molar-refractivity contribution in [2.24, 2.45) is 5.92 Å². The van der Waals surface area contributed by atoms with Crippen LogP contribution in [0.15, 0.2) is 30.3 Å². The van der Waals surface area contributed by atoms with Crippen molar-refractivity contribution in [1.82, 2.24) is 0 Å². The molecule has 0 unspecified atom stereocenters. The number of benzene rings is 1. The molecule has 0 spiro atoms. The summed E-state index contributed by atoms with van der Waals surface area (Å²) in [5, 5.41) is 0.180. The highest BCUT2D eigenvalue weighted by atomic mass is 35.5. The van der Waals surface area contributed by atoms with Gasteiger partial charge < -0.3 is 9.47 Å². The summed E-state index contributed by atoms with van der Waals surface area (Å²) < 4.78 is 11.3. The number of halogens is 1. The fraction of sp³-hybridized carbons (Fsp3) is 0.731. The Morgan fingerprint density at radius 1 is 1.00 bits per heavy atom. The van der Waals surface area contributed by atoms with Crippen molar-refractivity contribution in [3.05, 3.63) is 35.9 Å². The first kappa shape index (κ1) is 25.2. The Morgan fingerprint density at radius 2 is 1.67 bits per heavy atom. The predicted octanol–water partition coefficient (Wildman–Crippen LogP) is 7.61. The fourth-order valence-electron chi connectivity index (χ4n) is 4.55. The predicted molar refractivity (Wildman–Crippen MR) is 125 cm³/mol. The van der Waals surface area contributed by atoms with E-state index >= 15 is 0 Å². The highest BCUT2D eigenvalue weighted by Crippen LogP contribution is 2.43. The van der Waals surface area contributed by atoms with Crippen molar-refractivity contribution < 1.29 is 14.3 Å². The minimum atomic E-state index is -0.103. The molecule has 0 aromatic heterocycles. The van der Waals surface area contributed by atoms with Crippen LogP contribution >= 0.6 is 11.6 Å². The molecule has 0 bridgehead atoms. The van der Waals surface area contributed by atoms with Crippen LogP contribution in [0, 0.1) is 5.92 Å². The number of esters is 1. The summed E-state index contributed by atoms with van der Waals surface area (Å²) in [5.41, 5.74) is 1.27. The molecule has 1 aliphatic heterocycles.